The van der Waals surface area contributed by atoms with E-state index in [1.807, 2.05) is 6.92 Å². The van der Waals surface area contributed by atoms with Gasteiger partial charge in [-0.25, -0.2) is 9.97 Å². The number of hydrogen-bond donors (Lipinski definition) is 2. The van der Waals surface area contributed by atoms with E-state index < -0.39 is 6.04 Å². The smallest absolute Gasteiger partial charge is 0.243 e. The minimum Gasteiger partial charge on any atom is -0.320 e. The zero-order valence-corrected chi connectivity index (χ0v) is 11.4. The Kier molecular flexibility index (Phi) is 5.71. The quantitative estimate of drug-likeness (QED) is 0.754. The van der Waals surface area contributed by atoms with Gasteiger partial charge in [-0.2, -0.15) is 0 Å². The van der Waals surface area contributed by atoms with Crippen LogP contribution >= 0.6 is 0 Å². The molecule has 5 heteroatoms. The highest BCUT2D eigenvalue weighted by Gasteiger charge is 2.10. The van der Waals surface area contributed by atoms with Gasteiger partial charge in [0.05, 0.1) is 6.04 Å². The predicted molar refractivity (Wildman–Crippen MR) is 72.3 cm³/mol. The molecule has 3 N–H and O–H groups in total. The predicted octanol–water partition coefficient (Wildman–Crippen LogP) is 1.80. The van der Waals surface area contributed by atoms with Gasteiger partial charge in [0.2, 0.25) is 11.9 Å². The van der Waals surface area contributed by atoms with E-state index in [4.69, 9.17) is 5.73 Å². The summed E-state index contributed by atoms with van der Waals surface area (Å²) < 4.78 is 0. The number of carbonyl (C=O) groups excluding carboxylic acids is 1. The molecule has 0 radical (unpaired) electrons. The molecule has 100 valence electrons. The van der Waals surface area contributed by atoms with E-state index in [-0.39, 0.29) is 5.91 Å². The van der Waals surface area contributed by atoms with Gasteiger partial charge in [0.25, 0.3) is 0 Å². The normalized spacial score (nSPS) is 12.2. The lowest BCUT2D eigenvalue weighted by Crippen LogP contribution is -2.33. The summed E-state index contributed by atoms with van der Waals surface area (Å²) in [6, 6.07) is -0.557. The van der Waals surface area contributed by atoms with Gasteiger partial charge in [-0.3, -0.25) is 10.1 Å². The van der Waals surface area contributed by atoms with E-state index >= 15 is 0 Å². The Bertz CT molecular complexity index is 404. The summed E-state index contributed by atoms with van der Waals surface area (Å²) >= 11 is 0. The molecule has 0 aliphatic rings. The molecule has 5 nitrogen and oxygen atoms in total. The van der Waals surface area contributed by atoms with Crippen molar-refractivity contribution in [3.63, 3.8) is 0 Å². The SMILES string of the molecule is CCCCCc1cnc(NC(=O)C(C)N)nc1C. The summed E-state index contributed by atoms with van der Waals surface area (Å²) in [5, 5.41) is 2.59. The molecule has 1 amide bonds. The third kappa shape index (κ3) is 4.41. The molecule has 0 aromatic carbocycles. The second kappa shape index (κ2) is 7.06. The highest BCUT2D eigenvalue weighted by atomic mass is 16.2. The molecule has 1 atom stereocenters. The Morgan fingerprint density at radius 3 is 2.78 bits per heavy atom. The number of nitrogens with two attached hydrogens (primary N) is 1. The molecule has 1 aromatic rings. The van der Waals surface area contributed by atoms with Crippen molar-refractivity contribution in [1.29, 1.82) is 0 Å². The standard InChI is InChI=1S/C13H22N4O/c1-4-5-6-7-11-8-15-13(16-10(11)3)17-12(18)9(2)14/h8-9H,4-7,14H2,1-3H3,(H,15,16,17,18). The van der Waals surface area contributed by atoms with Crippen LogP contribution in [-0.4, -0.2) is 21.9 Å². The van der Waals surface area contributed by atoms with Crippen LogP contribution in [0.4, 0.5) is 5.95 Å². The average molecular weight is 250 g/mol. The number of rotatable bonds is 6. The van der Waals surface area contributed by atoms with Crippen LogP contribution < -0.4 is 11.1 Å². The summed E-state index contributed by atoms with van der Waals surface area (Å²) in [5.41, 5.74) is 7.52. The molecule has 0 saturated carbocycles. The first kappa shape index (κ1) is 14.6. The van der Waals surface area contributed by atoms with Gasteiger partial charge >= 0.3 is 0 Å². The van der Waals surface area contributed by atoms with Crippen molar-refractivity contribution in [1.82, 2.24) is 9.97 Å². The molecule has 1 aromatic heterocycles. The lowest BCUT2D eigenvalue weighted by molar-refractivity contribution is -0.117. The van der Waals surface area contributed by atoms with Gasteiger partial charge in [0.1, 0.15) is 0 Å². The van der Waals surface area contributed by atoms with Crippen molar-refractivity contribution in [3.8, 4) is 0 Å². The molecule has 0 saturated heterocycles. The minimum atomic E-state index is -0.557. The number of nitrogens with one attached hydrogen (secondary N) is 1. The maximum atomic E-state index is 11.4. The number of carbonyl (C=O) groups is 1. The maximum absolute atomic E-state index is 11.4. The van der Waals surface area contributed by atoms with Gasteiger partial charge in [-0.05, 0) is 32.3 Å². The zero-order chi connectivity index (χ0) is 13.5. The van der Waals surface area contributed by atoms with Crippen LogP contribution in [0.1, 0.15) is 44.4 Å². The largest absolute Gasteiger partial charge is 0.320 e. The highest BCUT2D eigenvalue weighted by molar-refractivity contribution is 5.92. The molecule has 1 heterocycles. The molecule has 0 fully saturated rings. The number of unbranched alkanes of at least 4 members (excludes halogenated alkanes) is 2. The van der Waals surface area contributed by atoms with Crippen LogP contribution in [-0.2, 0) is 11.2 Å². The topological polar surface area (TPSA) is 80.9 Å². The third-order valence-electron chi connectivity index (χ3n) is 2.78. The number of amides is 1. The van der Waals surface area contributed by atoms with E-state index in [2.05, 4.69) is 22.2 Å². The molecule has 18 heavy (non-hydrogen) atoms. The van der Waals surface area contributed by atoms with Crippen LogP contribution in [0.3, 0.4) is 0 Å². The monoisotopic (exact) mass is 250 g/mol. The lowest BCUT2D eigenvalue weighted by atomic mass is 10.1. The van der Waals surface area contributed by atoms with Crippen LogP contribution in [0.5, 0.6) is 0 Å². The Hall–Kier alpha value is -1.49. The van der Waals surface area contributed by atoms with Crippen molar-refractivity contribution in [2.24, 2.45) is 5.73 Å². The number of aromatic nitrogens is 2. The first-order chi connectivity index (χ1) is 8.54. The van der Waals surface area contributed by atoms with E-state index in [0.717, 1.165) is 24.1 Å². The molecule has 1 rings (SSSR count). The van der Waals surface area contributed by atoms with Gasteiger partial charge in [0, 0.05) is 11.9 Å². The molecule has 1 unspecified atom stereocenters. The third-order valence-corrected chi connectivity index (χ3v) is 2.78. The summed E-state index contributed by atoms with van der Waals surface area (Å²) in [6.07, 6.45) is 6.33. The minimum absolute atomic E-state index is 0.270. The van der Waals surface area contributed by atoms with E-state index in [0.29, 0.717) is 5.95 Å². The molecule has 0 bridgehead atoms. The van der Waals surface area contributed by atoms with E-state index in [1.54, 1.807) is 13.1 Å². The van der Waals surface area contributed by atoms with E-state index in [1.165, 1.54) is 12.8 Å². The van der Waals surface area contributed by atoms with Crippen LogP contribution in [0.2, 0.25) is 0 Å². The Balaban J connectivity index is 2.64. The first-order valence-corrected chi connectivity index (χ1v) is 6.43. The fraction of sp³-hybridized carbons (Fsp3) is 0.615. The first-order valence-electron chi connectivity index (χ1n) is 6.43. The molecular formula is C13H22N4O. The molecule has 0 aliphatic heterocycles. The van der Waals surface area contributed by atoms with Crippen molar-refractivity contribution in [3.05, 3.63) is 17.5 Å². The number of nitrogens with zero attached hydrogens (tertiary/aromatic N) is 2. The number of aryl methyl sites for hydroxylation is 2. The summed E-state index contributed by atoms with van der Waals surface area (Å²) in [6.45, 7) is 5.74. The van der Waals surface area contributed by atoms with Crippen molar-refractivity contribution in [2.45, 2.75) is 52.5 Å². The molecule has 0 spiro atoms. The van der Waals surface area contributed by atoms with Crippen LogP contribution in [0.15, 0.2) is 6.20 Å². The van der Waals surface area contributed by atoms with Crippen LogP contribution in [0, 0.1) is 6.92 Å². The van der Waals surface area contributed by atoms with Crippen molar-refractivity contribution in [2.75, 3.05) is 5.32 Å². The fourth-order valence-electron chi connectivity index (χ4n) is 1.59. The fourth-order valence-corrected chi connectivity index (χ4v) is 1.59. The van der Waals surface area contributed by atoms with Crippen LogP contribution in [0.25, 0.3) is 0 Å². The maximum Gasteiger partial charge on any atom is 0.243 e. The van der Waals surface area contributed by atoms with Gasteiger partial charge in [-0.1, -0.05) is 19.8 Å². The second-order valence-corrected chi connectivity index (χ2v) is 4.54. The number of hydrogen-bond acceptors (Lipinski definition) is 4. The summed E-state index contributed by atoms with van der Waals surface area (Å²) in [5.74, 6) is 0.0576. The van der Waals surface area contributed by atoms with Crippen molar-refractivity contribution >= 4 is 11.9 Å². The van der Waals surface area contributed by atoms with Gasteiger partial charge < -0.3 is 5.73 Å². The number of anilines is 1. The van der Waals surface area contributed by atoms with Gasteiger partial charge in [-0.15, -0.1) is 0 Å². The Morgan fingerprint density at radius 2 is 2.22 bits per heavy atom. The average Bonchev–Trinajstić information content (AvgIpc) is 2.32. The molecular weight excluding hydrogens is 228 g/mol. The summed E-state index contributed by atoms with van der Waals surface area (Å²) in [7, 11) is 0. The Labute approximate surface area is 108 Å². The van der Waals surface area contributed by atoms with E-state index in [9.17, 15) is 4.79 Å². The molecule has 0 aliphatic carbocycles. The van der Waals surface area contributed by atoms with Gasteiger partial charge in [0.15, 0.2) is 0 Å². The summed E-state index contributed by atoms with van der Waals surface area (Å²) in [4.78, 5) is 19.8. The highest BCUT2D eigenvalue weighted by Crippen LogP contribution is 2.11. The zero-order valence-electron chi connectivity index (χ0n) is 11.4. The van der Waals surface area contributed by atoms with Crippen molar-refractivity contribution < 1.29 is 4.79 Å². The Morgan fingerprint density at radius 1 is 1.50 bits per heavy atom. The lowest BCUT2D eigenvalue weighted by Gasteiger charge is -2.09. The second-order valence-electron chi connectivity index (χ2n) is 4.54.